The van der Waals surface area contributed by atoms with Crippen molar-refractivity contribution < 1.29 is 0 Å². The Balaban J connectivity index is 2.30. The van der Waals surface area contributed by atoms with E-state index in [1.807, 2.05) is 5.38 Å². The summed E-state index contributed by atoms with van der Waals surface area (Å²) in [4.78, 5) is 26.7. The van der Waals surface area contributed by atoms with Gasteiger partial charge in [0.25, 0.3) is 5.56 Å². The van der Waals surface area contributed by atoms with Crippen LogP contribution in [0.3, 0.4) is 0 Å². The van der Waals surface area contributed by atoms with Crippen LogP contribution < -0.4 is 16.6 Å². The minimum absolute atomic E-state index is 0.0113. The predicted octanol–water partition coefficient (Wildman–Crippen LogP) is 0.286. The van der Waals surface area contributed by atoms with Gasteiger partial charge in [0.05, 0.1) is 11.6 Å². The molecule has 0 aliphatic carbocycles. The Morgan fingerprint density at radius 2 is 2.31 bits per heavy atom. The molecule has 0 radical (unpaired) electrons. The van der Waals surface area contributed by atoms with Crippen LogP contribution in [0.25, 0.3) is 10.2 Å². The SMILES string of the molecule is O=c1[nH]c2ccsc2c(=O)n1[C@H]1CCNC1. The summed E-state index contributed by atoms with van der Waals surface area (Å²) >= 11 is 1.37. The topological polar surface area (TPSA) is 66.9 Å². The first-order valence-corrected chi connectivity index (χ1v) is 6.08. The van der Waals surface area contributed by atoms with Crippen LogP contribution in [0.5, 0.6) is 0 Å². The highest BCUT2D eigenvalue weighted by Crippen LogP contribution is 2.15. The zero-order chi connectivity index (χ0) is 11.1. The second-order valence-corrected chi connectivity index (χ2v) is 4.83. The Morgan fingerprint density at radius 3 is 3.06 bits per heavy atom. The molecule has 2 aromatic heterocycles. The third-order valence-corrected chi connectivity index (χ3v) is 3.84. The van der Waals surface area contributed by atoms with Crippen molar-refractivity contribution >= 4 is 21.6 Å². The number of nitrogens with one attached hydrogen (secondary N) is 2. The molecular weight excluding hydrogens is 226 g/mol. The molecule has 0 bridgehead atoms. The maximum absolute atomic E-state index is 12.1. The minimum atomic E-state index is -0.301. The van der Waals surface area contributed by atoms with Crippen LogP contribution in [-0.2, 0) is 0 Å². The Morgan fingerprint density at radius 1 is 1.44 bits per heavy atom. The first kappa shape index (κ1) is 9.80. The van der Waals surface area contributed by atoms with Crippen molar-refractivity contribution in [2.45, 2.75) is 12.5 Å². The van der Waals surface area contributed by atoms with E-state index in [0.29, 0.717) is 16.8 Å². The summed E-state index contributed by atoms with van der Waals surface area (Å²) in [5.41, 5.74) is 0.175. The molecule has 2 aromatic rings. The van der Waals surface area contributed by atoms with E-state index in [2.05, 4.69) is 10.3 Å². The van der Waals surface area contributed by atoms with Gasteiger partial charge in [-0.25, -0.2) is 4.79 Å². The lowest BCUT2D eigenvalue weighted by Crippen LogP contribution is -2.38. The Bertz CT molecular complexity index is 633. The van der Waals surface area contributed by atoms with Gasteiger partial charge in [-0.3, -0.25) is 9.36 Å². The molecule has 5 nitrogen and oxygen atoms in total. The number of aromatic nitrogens is 2. The third kappa shape index (κ3) is 1.34. The highest BCUT2D eigenvalue weighted by Gasteiger charge is 2.21. The van der Waals surface area contributed by atoms with Gasteiger partial charge in [0.1, 0.15) is 4.70 Å². The first-order valence-electron chi connectivity index (χ1n) is 5.20. The highest BCUT2D eigenvalue weighted by molar-refractivity contribution is 7.17. The molecule has 1 fully saturated rings. The Hall–Kier alpha value is -1.40. The molecule has 3 heterocycles. The van der Waals surface area contributed by atoms with Gasteiger partial charge in [-0.1, -0.05) is 0 Å². The molecule has 0 unspecified atom stereocenters. The van der Waals surface area contributed by atoms with E-state index in [9.17, 15) is 9.59 Å². The van der Waals surface area contributed by atoms with Gasteiger partial charge < -0.3 is 10.3 Å². The summed E-state index contributed by atoms with van der Waals surface area (Å²) in [5.74, 6) is 0. The minimum Gasteiger partial charge on any atom is -0.315 e. The number of nitrogens with zero attached hydrogens (tertiary/aromatic N) is 1. The first-order chi connectivity index (χ1) is 7.77. The van der Waals surface area contributed by atoms with Crippen LogP contribution >= 0.6 is 11.3 Å². The smallest absolute Gasteiger partial charge is 0.315 e. The number of hydrogen-bond donors (Lipinski definition) is 2. The van der Waals surface area contributed by atoms with E-state index < -0.39 is 0 Å². The van der Waals surface area contributed by atoms with Crippen LogP contribution in [-0.4, -0.2) is 22.6 Å². The normalized spacial score (nSPS) is 20.6. The van der Waals surface area contributed by atoms with Crippen molar-refractivity contribution in [2.75, 3.05) is 13.1 Å². The highest BCUT2D eigenvalue weighted by atomic mass is 32.1. The molecule has 1 saturated heterocycles. The van der Waals surface area contributed by atoms with E-state index in [1.54, 1.807) is 6.07 Å². The van der Waals surface area contributed by atoms with E-state index in [0.717, 1.165) is 13.0 Å². The zero-order valence-electron chi connectivity index (χ0n) is 8.53. The summed E-state index contributed by atoms with van der Waals surface area (Å²) < 4.78 is 1.98. The second kappa shape index (κ2) is 3.57. The fourth-order valence-corrected chi connectivity index (χ4v) is 2.93. The molecule has 3 rings (SSSR count). The maximum atomic E-state index is 12.1. The molecule has 16 heavy (non-hydrogen) atoms. The molecule has 1 atom stereocenters. The van der Waals surface area contributed by atoms with Crippen LogP contribution in [0.1, 0.15) is 12.5 Å². The monoisotopic (exact) mass is 237 g/mol. The van der Waals surface area contributed by atoms with E-state index in [4.69, 9.17) is 0 Å². The predicted molar refractivity (Wildman–Crippen MR) is 63.2 cm³/mol. The molecular formula is C10H11N3O2S. The number of rotatable bonds is 1. The fourth-order valence-electron chi connectivity index (χ4n) is 2.14. The molecule has 0 amide bonds. The summed E-state index contributed by atoms with van der Waals surface area (Å²) in [6, 6.07) is 1.75. The number of fused-ring (bicyclic) bond motifs is 1. The molecule has 0 aromatic carbocycles. The molecule has 84 valence electrons. The van der Waals surface area contributed by atoms with Gasteiger partial charge in [0, 0.05) is 6.54 Å². The van der Waals surface area contributed by atoms with E-state index in [-0.39, 0.29) is 17.3 Å². The van der Waals surface area contributed by atoms with Crippen LogP contribution in [0.15, 0.2) is 21.0 Å². The molecule has 1 aliphatic rings. The van der Waals surface area contributed by atoms with Gasteiger partial charge in [-0.05, 0) is 24.4 Å². The Kier molecular flexibility index (Phi) is 2.19. The lowest BCUT2D eigenvalue weighted by molar-refractivity contribution is 0.508. The van der Waals surface area contributed by atoms with Gasteiger partial charge in [-0.15, -0.1) is 11.3 Å². The maximum Gasteiger partial charge on any atom is 0.329 e. The van der Waals surface area contributed by atoms with Gasteiger partial charge >= 0.3 is 5.69 Å². The van der Waals surface area contributed by atoms with Crippen molar-refractivity contribution in [1.29, 1.82) is 0 Å². The van der Waals surface area contributed by atoms with Crippen LogP contribution in [0.2, 0.25) is 0 Å². The number of H-pyrrole nitrogens is 1. The zero-order valence-corrected chi connectivity index (χ0v) is 9.34. The quantitative estimate of drug-likeness (QED) is 0.749. The van der Waals surface area contributed by atoms with Gasteiger partial charge in [0.15, 0.2) is 0 Å². The molecule has 1 aliphatic heterocycles. The standard InChI is InChI=1S/C10H11N3O2S/c14-9-8-7(2-4-16-8)12-10(15)13(9)6-1-3-11-5-6/h2,4,6,11H,1,3,5H2,(H,12,15)/t6-/m0/s1. The van der Waals surface area contributed by atoms with E-state index in [1.165, 1.54) is 15.9 Å². The summed E-state index contributed by atoms with van der Waals surface area (Å²) in [6.07, 6.45) is 0.833. The third-order valence-electron chi connectivity index (χ3n) is 2.94. The second-order valence-electron chi connectivity index (χ2n) is 3.92. The number of aromatic amines is 1. The largest absolute Gasteiger partial charge is 0.329 e. The summed E-state index contributed by atoms with van der Waals surface area (Å²) in [5, 5.41) is 4.98. The van der Waals surface area contributed by atoms with Crippen molar-refractivity contribution in [3.05, 3.63) is 32.3 Å². The average Bonchev–Trinajstić information content (AvgIpc) is 2.87. The number of thiophene rings is 1. The summed E-state index contributed by atoms with van der Waals surface area (Å²) in [7, 11) is 0. The van der Waals surface area contributed by atoms with Crippen molar-refractivity contribution in [3.63, 3.8) is 0 Å². The van der Waals surface area contributed by atoms with Crippen LogP contribution in [0.4, 0.5) is 0 Å². The number of hydrogen-bond acceptors (Lipinski definition) is 4. The lowest BCUT2D eigenvalue weighted by Gasteiger charge is -2.10. The average molecular weight is 237 g/mol. The molecule has 6 heteroatoms. The van der Waals surface area contributed by atoms with Crippen LogP contribution in [0, 0.1) is 0 Å². The van der Waals surface area contributed by atoms with Crippen molar-refractivity contribution in [1.82, 2.24) is 14.9 Å². The Labute approximate surface area is 94.7 Å². The molecule has 2 N–H and O–H groups in total. The fraction of sp³-hybridized carbons (Fsp3) is 0.400. The van der Waals surface area contributed by atoms with E-state index >= 15 is 0 Å². The lowest BCUT2D eigenvalue weighted by atomic mass is 10.2. The molecule has 0 saturated carbocycles. The summed E-state index contributed by atoms with van der Waals surface area (Å²) in [6.45, 7) is 1.55. The van der Waals surface area contributed by atoms with Crippen molar-refractivity contribution in [2.24, 2.45) is 0 Å². The van der Waals surface area contributed by atoms with Gasteiger partial charge in [0.2, 0.25) is 0 Å². The van der Waals surface area contributed by atoms with Gasteiger partial charge in [-0.2, -0.15) is 0 Å². The molecule has 0 spiro atoms. The van der Waals surface area contributed by atoms with Crippen molar-refractivity contribution in [3.8, 4) is 0 Å².